The molecule has 0 aromatic heterocycles. The van der Waals surface area contributed by atoms with E-state index in [0.717, 1.165) is 11.8 Å². The van der Waals surface area contributed by atoms with Gasteiger partial charge in [0.2, 0.25) is 0 Å². The number of rotatable bonds is 6. The minimum absolute atomic E-state index is 0.993. The van der Waals surface area contributed by atoms with Crippen LogP contribution in [-0.2, 0) is 0 Å². The van der Waals surface area contributed by atoms with Crippen LogP contribution in [0.1, 0.15) is 53.9 Å². The SMILES string of the molecule is CC(C)=CCC/C(C)=C/CC(CBr)=C(C)C. The molecule has 0 radical (unpaired) electrons. The summed E-state index contributed by atoms with van der Waals surface area (Å²) >= 11 is 3.54. The van der Waals surface area contributed by atoms with Gasteiger partial charge < -0.3 is 0 Å². The maximum atomic E-state index is 3.54. The molecule has 0 unspecified atom stereocenters. The molecule has 16 heavy (non-hydrogen) atoms. The van der Waals surface area contributed by atoms with Gasteiger partial charge >= 0.3 is 0 Å². The zero-order valence-electron chi connectivity index (χ0n) is 11.4. The van der Waals surface area contributed by atoms with Crippen molar-refractivity contribution >= 4 is 15.9 Å². The summed E-state index contributed by atoms with van der Waals surface area (Å²) in [5.41, 5.74) is 5.85. The molecule has 0 aliphatic carbocycles. The van der Waals surface area contributed by atoms with Crippen LogP contribution in [0.3, 0.4) is 0 Å². The van der Waals surface area contributed by atoms with Crippen LogP contribution in [0.5, 0.6) is 0 Å². The molecule has 0 rings (SSSR count). The standard InChI is InChI=1S/C15H25Br/c1-12(2)7-6-8-14(5)9-10-15(11-16)13(3)4/h7,9H,6,8,10-11H2,1-5H3/b14-9+. The Labute approximate surface area is 110 Å². The summed E-state index contributed by atoms with van der Waals surface area (Å²) in [5, 5.41) is 0.993. The second-order valence-electron chi connectivity index (χ2n) is 4.81. The quantitative estimate of drug-likeness (QED) is 0.427. The van der Waals surface area contributed by atoms with E-state index >= 15 is 0 Å². The monoisotopic (exact) mass is 284 g/mol. The third-order valence-electron chi connectivity index (χ3n) is 2.66. The maximum absolute atomic E-state index is 3.54. The van der Waals surface area contributed by atoms with E-state index in [4.69, 9.17) is 0 Å². The molecule has 0 fully saturated rings. The average molecular weight is 285 g/mol. The molecule has 0 spiro atoms. The fourth-order valence-electron chi connectivity index (χ4n) is 1.38. The first-order chi connectivity index (χ1) is 7.47. The molecule has 0 amide bonds. The fourth-order valence-corrected chi connectivity index (χ4v) is 2.17. The van der Waals surface area contributed by atoms with Crippen LogP contribution in [-0.4, -0.2) is 5.33 Å². The van der Waals surface area contributed by atoms with Crippen LogP contribution >= 0.6 is 15.9 Å². The van der Waals surface area contributed by atoms with Gasteiger partial charge in [0, 0.05) is 5.33 Å². The predicted molar refractivity (Wildman–Crippen MR) is 79.2 cm³/mol. The second kappa shape index (κ2) is 8.81. The molecule has 0 aromatic carbocycles. The van der Waals surface area contributed by atoms with Gasteiger partial charge in [-0.25, -0.2) is 0 Å². The normalized spacial score (nSPS) is 11.2. The van der Waals surface area contributed by atoms with Crippen LogP contribution in [0, 0.1) is 0 Å². The third kappa shape index (κ3) is 7.92. The molecular weight excluding hydrogens is 260 g/mol. The van der Waals surface area contributed by atoms with Crippen LogP contribution in [0.25, 0.3) is 0 Å². The summed E-state index contributed by atoms with van der Waals surface area (Å²) in [7, 11) is 0. The topological polar surface area (TPSA) is 0 Å². The third-order valence-corrected chi connectivity index (χ3v) is 3.33. The Morgan fingerprint density at radius 3 is 2.06 bits per heavy atom. The van der Waals surface area contributed by atoms with Gasteiger partial charge in [0.1, 0.15) is 0 Å². The first-order valence-electron chi connectivity index (χ1n) is 5.97. The van der Waals surface area contributed by atoms with E-state index < -0.39 is 0 Å². The lowest BCUT2D eigenvalue weighted by Crippen LogP contribution is -1.87. The lowest BCUT2D eigenvalue weighted by atomic mass is 10.0. The minimum Gasteiger partial charge on any atom is -0.0880 e. The van der Waals surface area contributed by atoms with Gasteiger partial charge in [0.05, 0.1) is 0 Å². The van der Waals surface area contributed by atoms with Crippen LogP contribution < -0.4 is 0 Å². The lowest BCUT2D eigenvalue weighted by molar-refractivity contribution is 0.952. The first-order valence-corrected chi connectivity index (χ1v) is 7.09. The van der Waals surface area contributed by atoms with Crippen molar-refractivity contribution in [1.29, 1.82) is 0 Å². The van der Waals surface area contributed by atoms with Gasteiger partial charge in [-0.2, -0.15) is 0 Å². The number of alkyl halides is 1. The smallest absolute Gasteiger partial charge is 0.0247 e. The maximum Gasteiger partial charge on any atom is 0.0247 e. The number of hydrogen-bond acceptors (Lipinski definition) is 0. The van der Waals surface area contributed by atoms with Crippen molar-refractivity contribution in [3.63, 3.8) is 0 Å². The molecule has 0 saturated heterocycles. The highest BCUT2D eigenvalue weighted by Gasteiger charge is 1.96. The summed E-state index contributed by atoms with van der Waals surface area (Å²) in [6, 6.07) is 0. The molecule has 0 N–H and O–H groups in total. The first kappa shape index (κ1) is 15.7. The molecule has 0 saturated carbocycles. The van der Waals surface area contributed by atoms with Crippen molar-refractivity contribution in [3.05, 3.63) is 34.4 Å². The molecule has 0 bridgehead atoms. The minimum atomic E-state index is 0.993. The highest BCUT2D eigenvalue weighted by Crippen LogP contribution is 2.15. The fraction of sp³-hybridized carbons (Fsp3) is 0.600. The van der Waals surface area contributed by atoms with Crippen molar-refractivity contribution in [1.82, 2.24) is 0 Å². The van der Waals surface area contributed by atoms with Gasteiger partial charge in [-0.3, -0.25) is 0 Å². The van der Waals surface area contributed by atoms with Gasteiger partial charge in [0.25, 0.3) is 0 Å². The summed E-state index contributed by atoms with van der Waals surface area (Å²) < 4.78 is 0. The van der Waals surface area contributed by atoms with Crippen LogP contribution in [0.2, 0.25) is 0 Å². The molecule has 1 heteroatoms. The summed E-state index contributed by atoms with van der Waals surface area (Å²) in [4.78, 5) is 0. The zero-order chi connectivity index (χ0) is 12.6. The Bertz CT molecular complexity index is 285. The van der Waals surface area contributed by atoms with Crippen molar-refractivity contribution in [2.24, 2.45) is 0 Å². The summed E-state index contributed by atoms with van der Waals surface area (Å²) in [5.74, 6) is 0. The molecular formula is C15H25Br. The molecule has 0 nitrogen and oxygen atoms in total. The van der Waals surface area contributed by atoms with Gasteiger partial charge in [-0.15, -0.1) is 0 Å². The highest BCUT2D eigenvalue weighted by molar-refractivity contribution is 9.09. The Morgan fingerprint density at radius 2 is 1.62 bits per heavy atom. The van der Waals surface area contributed by atoms with E-state index in [-0.39, 0.29) is 0 Å². The average Bonchev–Trinajstić information content (AvgIpc) is 2.17. The molecule has 92 valence electrons. The van der Waals surface area contributed by atoms with E-state index in [1.165, 1.54) is 35.1 Å². The summed E-state index contributed by atoms with van der Waals surface area (Å²) in [6.07, 6.45) is 8.12. The lowest BCUT2D eigenvalue weighted by Gasteiger charge is -2.04. The van der Waals surface area contributed by atoms with Gasteiger partial charge in [0.15, 0.2) is 0 Å². The summed E-state index contributed by atoms with van der Waals surface area (Å²) in [6.45, 7) is 10.9. The zero-order valence-corrected chi connectivity index (χ0v) is 12.9. The predicted octanol–water partition coefficient (Wildman–Crippen LogP) is 5.80. The van der Waals surface area contributed by atoms with E-state index in [2.05, 4.69) is 62.7 Å². The Kier molecular flexibility index (Phi) is 8.64. The molecule has 0 heterocycles. The number of hydrogen-bond donors (Lipinski definition) is 0. The van der Waals surface area contributed by atoms with E-state index in [9.17, 15) is 0 Å². The van der Waals surface area contributed by atoms with Crippen molar-refractivity contribution in [3.8, 4) is 0 Å². The van der Waals surface area contributed by atoms with E-state index in [1.54, 1.807) is 0 Å². The van der Waals surface area contributed by atoms with Crippen molar-refractivity contribution < 1.29 is 0 Å². The van der Waals surface area contributed by atoms with Crippen LogP contribution in [0.4, 0.5) is 0 Å². The molecule has 0 atom stereocenters. The number of allylic oxidation sites excluding steroid dienone is 6. The number of halogens is 1. The van der Waals surface area contributed by atoms with Gasteiger partial charge in [-0.1, -0.05) is 50.4 Å². The Morgan fingerprint density at radius 1 is 1.00 bits per heavy atom. The molecule has 0 aliphatic heterocycles. The largest absolute Gasteiger partial charge is 0.0880 e. The van der Waals surface area contributed by atoms with E-state index in [0.29, 0.717) is 0 Å². The van der Waals surface area contributed by atoms with Crippen LogP contribution in [0.15, 0.2) is 34.4 Å². The van der Waals surface area contributed by atoms with Gasteiger partial charge in [-0.05, 0) is 53.9 Å². The molecule has 0 aliphatic rings. The Hall–Kier alpha value is -0.300. The van der Waals surface area contributed by atoms with Crippen molar-refractivity contribution in [2.75, 3.05) is 5.33 Å². The van der Waals surface area contributed by atoms with E-state index in [1.807, 2.05) is 0 Å². The second-order valence-corrected chi connectivity index (χ2v) is 5.37. The molecule has 0 aromatic rings. The van der Waals surface area contributed by atoms with Crippen molar-refractivity contribution in [2.45, 2.75) is 53.9 Å². The highest BCUT2D eigenvalue weighted by atomic mass is 79.9. The Balaban J connectivity index is 4.14.